The Kier molecular flexibility index (Phi) is 5.12. The van der Waals surface area contributed by atoms with Gasteiger partial charge < -0.3 is 9.69 Å². The number of aldehydes is 1. The van der Waals surface area contributed by atoms with E-state index in [-0.39, 0.29) is 0 Å². The normalized spacial score (nSPS) is 14.0. The second kappa shape index (κ2) is 5.30. The number of rotatable bonds is 5. The first kappa shape index (κ1) is 10.6. The van der Waals surface area contributed by atoms with Crippen molar-refractivity contribution in [3.63, 3.8) is 0 Å². The van der Waals surface area contributed by atoms with Crippen LogP contribution in [-0.4, -0.2) is 30.8 Å². The minimum atomic E-state index is 0.565. The van der Waals surface area contributed by atoms with Crippen LogP contribution >= 0.6 is 0 Å². The van der Waals surface area contributed by atoms with Gasteiger partial charge in [-0.15, -0.1) is 0 Å². The lowest BCUT2D eigenvalue weighted by Crippen LogP contribution is -2.34. The van der Waals surface area contributed by atoms with Gasteiger partial charge in [0, 0.05) is 19.0 Å². The van der Waals surface area contributed by atoms with Gasteiger partial charge in [-0.3, -0.25) is 0 Å². The van der Waals surface area contributed by atoms with Crippen molar-refractivity contribution < 1.29 is 4.79 Å². The van der Waals surface area contributed by atoms with E-state index < -0.39 is 0 Å². The predicted molar refractivity (Wildman–Crippen MR) is 47.6 cm³/mol. The maximum Gasteiger partial charge on any atom is 0.121 e. The fourth-order valence-corrected chi connectivity index (χ4v) is 0.969. The van der Waals surface area contributed by atoms with Crippen molar-refractivity contribution in [1.29, 1.82) is 0 Å². The average Bonchev–Trinajstić information content (AvgIpc) is 1.98. The highest BCUT2D eigenvalue weighted by molar-refractivity contribution is 5.49. The summed E-state index contributed by atoms with van der Waals surface area (Å²) in [5.41, 5.74) is 0. The summed E-state index contributed by atoms with van der Waals surface area (Å²) in [7, 11) is 2.06. The molecule has 0 aromatic rings. The van der Waals surface area contributed by atoms with E-state index >= 15 is 0 Å². The molecule has 0 heterocycles. The number of carbonyl (C=O) groups excluding carboxylic acids is 1. The summed E-state index contributed by atoms with van der Waals surface area (Å²) in [6.45, 7) is 7.46. The van der Waals surface area contributed by atoms with Crippen LogP contribution in [0.1, 0.15) is 27.2 Å². The third-order valence-corrected chi connectivity index (χ3v) is 2.26. The Labute approximate surface area is 69.6 Å². The lowest BCUT2D eigenvalue weighted by atomic mass is 10.1. The first-order valence-corrected chi connectivity index (χ1v) is 4.23. The van der Waals surface area contributed by atoms with Crippen LogP contribution in [0.25, 0.3) is 0 Å². The van der Waals surface area contributed by atoms with Gasteiger partial charge in [-0.25, -0.2) is 0 Å². The van der Waals surface area contributed by atoms with Crippen molar-refractivity contribution in [2.75, 3.05) is 13.6 Å². The molecule has 0 saturated heterocycles. The summed E-state index contributed by atoms with van der Waals surface area (Å²) in [6.07, 6.45) is 1.62. The SMILES string of the molecule is CC(C)C(C)N(C)CCC=O. The van der Waals surface area contributed by atoms with Crippen molar-refractivity contribution >= 4 is 6.29 Å². The van der Waals surface area contributed by atoms with Crippen LogP contribution in [0, 0.1) is 5.92 Å². The molecule has 0 aromatic heterocycles. The van der Waals surface area contributed by atoms with Crippen LogP contribution in [0.3, 0.4) is 0 Å². The molecule has 66 valence electrons. The van der Waals surface area contributed by atoms with E-state index in [2.05, 4.69) is 32.7 Å². The lowest BCUT2D eigenvalue weighted by Gasteiger charge is -2.26. The van der Waals surface area contributed by atoms with Gasteiger partial charge in [0.1, 0.15) is 6.29 Å². The van der Waals surface area contributed by atoms with Gasteiger partial charge in [-0.05, 0) is 19.9 Å². The zero-order chi connectivity index (χ0) is 8.85. The van der Waals surface area contributed by atoms with Crippen molar-refractivity contribution in [1.82, 2.24) is 4.90 Å². The van der Waals surface area contributed by atoms with Crippen molar-refractivity contribution in [3.05, 3.63) is 0 Å². The smallest absolute Gasteiger partial charge is 0.121 e. The Bertz CT molecular complexity index is 112. The van der Waals surface area contributed by atoms with Crippen molar-refractivity contribution in [2.45, 2.75) is 33.2 Å². The molecule has 1 unspecified atom stereocenters. The number of carbonyl (C=O) groups is 1. The minimum Gasteiger partial charge on any atom is -0.303 e. The molecule has 2 heteroatoms. The zero-order valence-electron chi connectivity index (χ0n) is 8.00. The maximum absolute atomic E-state index is 10.1. The topological polar surface area (TPSA) is 20.3 Å². The van der Waals surface area contributed by atoms with Gasteiger partial charge >= 0.3 is 0 Å². The quantitative estimate of drug-likeness (QED) is 0.564. The van der Waals surface area contributed by atoms with Gasteiger partial charge in [0.05, 0.1) is 0 Å². The maximum atomic E-state index is 10.1. The molecule has 1 atom stereocenters. The zero-order valence-corrected chi connectivity index (χ0v) is 8.00. The fraction of sp³-hybridized carbons (Fsp3) is 0.889. The molecule has 0 rings (SSSR count). The second-order valence-corrected chi connectivity index (χ2v) is 3.42. The molecule has 0 bridgehead atoms. The second-order valence-electron chi connectivity index (χ2n) is 3.42. The number of nitrogens with zero attached hydrogens (tertiary/aromatic N) is 1. The summed E-state index contributed by atoms with van der Waals surface area (Å²) < 4.78 is 0. The summed E-state index contributed by atoms with van der Waals surface area (Å²) in [5, 5.41) is 0. The highest BCUT2D eigenvalue weighted by Gasteiger charge is 2.11. The Hall–Kier alpha value is -0.370. The Morgan fingerprint density at radius 2 is 1.91 bits per heavy atom. The number of hydrogen-bond acceptors (Lipinski definition) is 2. The first-order chi connectivity index (χ1) is 5.09. The molecule has 0 saturated carbocycles. The molecule has 2 nitrogen and oxygen atoms in total. The van der Waals surface area contributed by atoms with Crippen LogP contribution in [-0.2, 0) is 4.79 Å². The molecule has 0 aromatic carbocycles. The van der Waals surface area contributed by atoms with E-state index in [0.29, 0.717) is 18.4 Å². The van der Waals surface area contributed by atoms with E-state index in [1.54, 1.807) is 0 Å². The monoisotopic (exact) mass is 157 g/mol. The molecule has 0 fully saturated rings. The largest absolute Gasteiger partial charge is 0.303 e. The molecule has 11 heavy (non-hydrogen) atoms. The van der Waals surface area contributed by atoms with E-state index in [1.807, 2.05) is 0 Å². The molecule has 0 aliphatic carbocycles. The highest BCUT2D eigenvalue weighted by Crippen LogP contribution is 2.07. The van der Waals surface area contributed by atoms with E-state index in [0.717, 1.165) is 12.8 Å². The van der Waals surface area contributed by atoms with E-state index in [9.17, 15) is 4.79 Å². The first-order valence-electron chi connectivity index (χ1n) is 4.23. The molecule has 0 spiro atoms. The molecule has 0 aliphatic heterocycles. The Morgan fingerprint density at radius 3 is 2.27 bits per heavy atom. The fourth-order valence-electron chi connectivity index (χ4n) is 0.969. The van der Waals surface area contributed by atoms with E-state index in [1.165, 1.54) is 0 Å². The van der Waals surface area contributed by atoms with Crippen LogP contribution in [0.2, 0.25) is 0 Å². The van der Waals surface area contributed by atoms with E-state index in [4.69, 9.17) is 0 Å². The van der Waals surface area contributed by atoms with Crippen molar-refractivity contribution in [3.8, 4) is 0 Å². The molecule has 0 N–H and O–H groups in total. The third kappa shape index (κ3) is 4.14. The molecule has 0 aliphatic rings. The summed E-state index contributed by atoms with van der Waals surface area (Å²) in [5.74, 6) is 0.659. The van der Waals surface area contributed by atoms with Crippen LogP contribution in [0.4, 0.5) is 0 Å². The van der Waals surface area contributed by atoms with Gasteiger partial charge in [0.25, 0.3) is 0 Å². The standard InChI is InChI=1S/C9H19NO/c1-8(2)9(3)10(4)6-5-7-11/h7-9H,5-6H2,1-4H3. The van der Waals surface area contributed by atoms with Gasteiger partial charge in [0.2, 0.25) is 0 Å². The van der Waals surface area contributed by atoms with Gasteiger partial charge in [-0.1, -0.05) is 13.8 Å². The van der Waals surface area contributed by atoms with Crippen LogP contribution in [0.5, 0.6) is 0 Å². The summed E-state index contributed by atoms with van der Waals surface area (Å²) >= 11 is 0. The average molecular weight is 157 g/mol. The minimum absolute atomic E-state index is 0.565. The Balaban J connectivity index is 3.63. The summed E-state index contributed by atoms with van der Waals surface area (Å²) in [4.78, 5) is 12.3. The summed E-state index contributed by atoms with van der Waals surface area (Å²) in [6, 6.07) is 0.565. The molecular weight excluding hydrogens is 138 g/mol. The number of hydrogen-bond donors (Lipinski definition) is 0. The highest BCUT2D eigenvalue weighted by atomic mass is 16.1. The lowest BCUT2D eigenvalue weighted by molar-refractivity contribution is -0.108. The third-order valence-electron chi connectivity index (χ3n) is 2.26. The van der Waals surface area contributed by atoms with Crippen LogP contribution < -0.4 is 0 Å². The molecule has 0 radical (unpaired) electrons. The van der Waals surface area contributed by atoms with Gasteiger partial charge in [0.15, 0.2) is 0 Å². The van der Waals surface area contributed by atoms with Crippen molar-refractivity contribution in [2.24, 2.45) is 5.92 Å². The molecule has 0 amide bonds. The molecular formula is C9H19NO. The Morgan fingerprint density at radius 1 is 1.36 bits per heavy atom. The van der Waals surface area contributed by atoms with Gasteiger partial charge in [-0.2, -0.15) is 0 Å². The predicted octanol–water partition coefficient (Wildman–Crippen LogP) is 1.55. The van der Waals surface area contributed by atoms with Crippen LogP contribution in [0.15, 0.2) is 0 Å².